The zero-order chi connectivity index (χ0) is 18.9. The lowest BCUT2D eigenvalue weighted by atomic mass is 10.3. The molecular formula is C19H19N3O3S2. The maximum atomic E-state index is 12.3. The summed E-state index contributed by atoms with van der Waals surface area (Å²) < 4.78 is 25.1. The molecule has 2 heterocycles. The summed E-state index contributed by atoms with van der Waals surface area (Å²) in [5, 5.41) is 3.55. The Bertz CT molecular complexity index is 1080. The number of carbonyl (C=O) groups is 1. The van der Waals surface area contributed by atoms with Crippen LogP contribution < -0.4 is 5.32 Å². The molecule has 0 saturated carbocycles. The van der Waals surface area contributed by atoms with Crippen molar-refractivity contribution >= 4 is 38.5 Å². The van der Waals surface area contributed by atoms with Gasteiger partial charge in [0.25, 0.3) is 0 Å². The summed E-state index contributed by atoms with van der Waals surface area (Å²) in [5.41, 5.74) is 2.83. The highest BCUT2D eigenvalue weighted by Gasteiger charge is 2.29. The Morgan fingerprint density at radius 1 is 1.15 bits per heavy atom. The minimum absolute atomic E-state index is 0.0337. The summed E-state index contributed by atoms with van der Waals surface area (Å²) in [6, 6.07) is 17.5. The number of hydrogen-bond donors (Lipinski definition) is 1. The second-order valence-corrected chi connectivity index (χ2v) is 9.68. The van der Waals surface area contributed by atoms with E-state index in [2.05, 4.69) is 10.3 Å². The second-order valence-electron chi connectivity index (χ2n) is 6.51. The van der Waals surface area contributed by atoms with E-state index in [1.807, 2.05) is 59.2 Å². The van der Waals surface area contributed by atoms with E-state index in [1.165, 1.54) is 11.8 Å². The molecule has 1 amide bonds. The number of fused-ring (bicyclic) bond motifs is 1. The predicted octanol–water partition coefficient (Wildman–Crippen LogP) is 2.42. The number of aromatic nitrogens is 2. The summed E-state index contributed by atoms with van der Waals surface area (Å²) in [6.45, 7) is 0. The van der Waals surface area contributed by atoms with Gasteiger partial charge < -0.3 is 5.32 Å². The van der Waals surface area contributed by atoms with Crippen LogP contribution in [0, 0.1) is 0 Å². The summed E-state index contributed by atoms with van der Waals surface area (Å²) >= 11 is 1.35. The van der Waals surface area contributed by atoms with Crippen molar-refractivity contribution in [2.24, 2.45) is 0 Å². The molecule has 1 aromatic heterocycles. The zero-order valence-corrected chi connectivity index (χ0v) is 16.2. The number of amides is 1. The van der Waals surface area contributed by atoms with Gasteiger partial charge in [0, 0.05) is 11.7 Å². The Labute approximate surface area is 161 Å². The van der Waals surface area contributed by atoms with Crippen molar-refractivity contribution in [1.29, 1.82) is 0 Å². The van der Waals surface area contributed by atoms with Crippen LogP contribution in [0.15, 0.2) is 59.8 Å². The number of sulfone groups is 1. The van der Waals surface area contributed by atoms with Crippen molar-refractivity contribution in [3.63, 3.8) is 0 Å². The van der Waals surface area contributed by atoms with Crippen LogP contribution in [0.1, 0.15) is 6.42 Å². The average Bonchev–Trinajstić information content (AvgIpc) is 3.20. The molecule has 1 aliphatic heterocycles. The van der Waals surface area contributed by atoms with Gasteiger partial charge in [0.05, 0.1) is 28.3 Å². The van der Waals surface area contributed by atoms with Crippen molar-refractivity contribution in [1.82, 2.24) is 14.9 Å². The monoisotopic (exact) mass is 401 g/mol. The van der Waals surface area contributed by atoms with Gasteiger partial charge in [0.15, 0.2) is 15.0 Å². The van der Waals surface area contributed by atoms with Crippen LogP contribution in [-0.2, 0) is 14.6 Å². The number of nitrogens with zero attached hydrogens (tertiary/aromatic N) is 2. The predicted molar refractivity (Wildman–Crippen MR) is 107 cm³/mol. The number of nitrogens with one attached hydrogen (secondary N) is 1. The Kier molecular flexibility index (Phi) is 4.92. The molecule has 3 aromatic rings. The third kappa shape index (κ3) is 4.01. The molecule has 0 unspecified atom stereocenters. The smallest absolute Gasteiger partial charge is 0.230 e. The number of benzene rings is 2. The van der Waals surface area contributed by atoms with Crippen LogP contribution in [0.4, 0.5) is 0 Å². The van der Waals surface area contributed by atoms with Gasteiger partial charge in [0.1, 0.15) is 0 Å². The highest BCUT2D eigenvalue weighted by Crippen LogP contribution is 2.27. The minimum atomic E-state index is -3.01. The van der Waals surface area contributed by atoms with Gasteiger partial charge in [0.2, 0.25) is 5.91 Å². The van der Waals surface area contributed by atoms with Gasteiger partial charge in [-0.25, -0.2) is 13.4 Å². The summed E-state index contributed by atoms with van der Waals surface area (Å²) in [4.78, 5) is 16.9. The Morgan fingerprint density at radius 2 is 1.89 bits per heavy atom. The lowest BCUT2D eigenvalue weighted by Gasteiger charge is -2.11. The van der Waals surface area contributed by atoms with Crippen molar-refractivity contribution in [3.05, 3.63) is 54.6 Å². The normalized spacial score (nSPS) is 18.6. The van der Waals surface area contributed by atoms with Crippen LogP contribution >= 0.6 is 11.8 Å². The van der Waals surface area contributed by atoms with Crippen molar-refractivity contribution in [2.45, 2.75) is 17.6 Å². The van der Waals surface area contributed by atoms with E-state index in [4.69, 9.17) is 0 Å². The number of para-hydroxylation sites is 3. The van der Waals surface area contributed by atoms with Gasteiger partial charge >= 0.3 is 0 Å². The Morgan fingerprint density at radius 3 is 2.63 bits per heavy atom. The first-order valence-corrected chi connectivity index (χ1v) is 11.5. The van der Waals surface area contributed by atoms with E-state index in [0.29, 0.717) is 6.42 Å². The van der Waals surface area contributed by atoms with E-state index < -0.39 is 9.84 Å². The number of carbonyl (C=O) groups excluding carboxylic acids is 1. The number of thioether (sulfide) groups is 1. The molecule has 1 aliphatic rings. The first-order valence-electron chi connectivity index (χ1n) is 8.67. The average molecular weight is 402 g/mol. The zero-order valence-electron chi connectivity index (χ0n) is 14.5. The third-order valence-electron chi connectivity index (χ3n) is 4.47. The van der Waals surface area contributed by atoms with Gasteiger partial charge in [-0.2, -0.15) is 0 Å². The molecule has 0 radical (unpaired) electrons. The number of rotatable bonds is 5. The molecule has 6 nitrogen and oxygen atoms in total. The van der Waals surface area contributed by atoms with Crippen molar-refractivity contribution in [3.8, 4) is 5.69 Å². The maximum Gasteiger partial charge on any atom is 0.230 e. The van der Waals surface area contributed by atoms with Crippen molar-refractivity contribution in [2.75, 3.05) is 17.3 Å². The highest BCUT2D eigenvalue weighted by molar-refractivity contribution is 7.99. The topological polar surface area (TPSA) is 81.1 Å². The van der Waals surface area contributed by atoms with Gasteiger partial charge in [-0.05, 0) is 30.7 Å². The molecule has 140 valence electrons. The number of hydrogen-bond acceptors (Lipinski definition) is 5. The molecule has 1 fully saturated rings. The second kappa shape index (κ2) is 7.36. The van der Waals surface area contributed by atoms with Gasteiger partial charge in [-0.3, -0.25) is 9.36 Å². The Balaban J connectivity index is 1.53. The largest absolute Gasteiger partial charge is 0.352 e. The van der Waals surface area contributed by atoms with Crippen LogP contribution in [0.5, 0.6) is 0 Å². The fraction of sp³-hybridized carbons (Fsp3) is 0.263. The van der Waals surface area contributed by atoms with E-state index in [-0.39, 0.29) is 29.2 Å². The van der Waals surface area contributed by atoms with Crippen LogP contribution in [0.3, 0.4) is 0 Å². The van der Waals surface area contributed by atoms with E-state index in [1.54, 1.807) is 0 Å². The molecule has 1 N–H and O–H groups in total. The molecule has 4 rings (SSSR count). The molecule has 1 saturated heterocycles. The molecule has 27 heavy (non-hydrogen) atoms. The molecule has 2 aromatic carbocycles. The lowest BCUT2D eigenvalue weighted by molar-refractivity contribution is -0.119. The lowest BCUT2D eigenvalue weighted by Crippen LogP contribution is -2.36. The minimum Gasteiger partial charge on any atom is -0.352 e. The summed E-state index contributed by atoms with van der Waals surface area (Å²) in [5.74, 6) is 0.196. The Hall–Kier alpha value is -2.32. The van der Waals surface area contributed by atoms with Crippen LogP contribution in [-0.4, -0.2) is 47.2 Å². The standard InChI is InChI=1S/C19H19N3O3S2/c23-18(20-14-10-11-27(24,25)13-14)12-26-19-21-16-8-4-5-9-17(16)22(19)15-6-2-1-3-7-15/h1-9,14H,10-13H2,(H,20,23)/t14-/m1/s1. The van der Waals surface area contributed by atoms with Crippen molar-refractivity contribution < 1.29 is 13.2 Å². The summed E-state index contributed by atoms with van der Waals surface area (Å²) in [7, 11) is -3.01. The van der Waals surface area contributed by atoms with Crippen LogP contribution in [0.25, 0.3) is 16.7 Å². The maximum absolute atomic E-state index is 12.3. The fourth-order valence-corrected chi connectivity index (χ4v) is 5.75. The molecule has 0 spiro atoms. The van der Waals surface area contributed by atoms with Gasteiger partial charge in [-0.15, -0.1) is 0 Å². The first-order chi connectivity index (χ1) is 13.0. The molecular weight excluding hydrogens is 382 g/mol. The molecule has 0 aliphatic carbocycles. The molecule has 0 bridgehead atoms. The summed E-state index contributed by atoms with van der Waals surface area (Å²) in [6.07, 6.45) is 0.487. The third-order valence-corrected chi connectivity index (χ3v) is 7.18. The first kappa shape index (κ1) is 18.1. The quantitative estimate of drug-likeness (QED) is 0.664. The number of imidazole rings is 1. The van der Waals surface area contributed by atoms with E-state index >= 15 is 0 Å². The van der Waals surface area contributed by atoms with E-state index in [0.717, 1.165) is 21.9 Å². The molecule has 8 heteroatoms. The SMILES string of the molecule is O=C(CSc1nc2ccccc2n1-c1ccccc1)N[C@@H]1CCS(=O)(=O)C1. The van der Waals surface area contributed by atoms with Gasteiger partial charge in [-0.1, -0.05) is 42.1 Å². The van der Waals surface area contributed by atoms with E-state index in [9.17, 15) is 13.2 Å². The molecule has 1 atom stereocenters. The van der Waals surface area contributed by atoms with Crippen LogP contribution in [0.2, 0.25) is 0 Å². The highest BCUT2D eigenvalue weighted by atomic mass is 32.2. The fourth-order valence-electron chi connectivity index (χ4n) is 3.24.